The lowest BCUT2D eigenvalue weighted by Crippen LogP contribution is -2.67. The molecule has 19 heavy (non-hydrogen) atoms. The van der Waals surface area contributed by atoms with Crippen LogP contribution >= 0.6 is 0 Å². The van der Waals surface area contributed by atoms with Gasteiger partial charge in [-0.15, -0.1) is 0 Å². The fourth-order valence-electron chi connectivity index (χ4n) is 6.08. The number of nitrogens with two attached hydrogens (primary N) is 1. The van der Waals surface area contributed by atoms with Crippen LogP contribution in [0.1, 0.15) is 65.7 Å². The SMILES string of the molecule is CC1NC2(CC3CCCCC3)C(C)CC2(C)C1CN. The van der Waals surface area contributed by atoms with Crippen LogP contribution in [0.2, 0.25) is 0 Å². The van der Waals surface area contributed by atoms with Crippen LogP contribution in [0.3, 0.4) is 0 Å². The van der Waals surface area contributed by atoms with Gasteiger partial charge in [0.2, 0.25) is 0 Å². The molecule has 110 valence electrons. The van der Waals surface area contributed by atoms with Crippen LogP contribution in [0.15, 0.2) is 0 Å². The first kappa shape index (κ1) is 13.9. The normalized spacial score (nSPS) is 50.8. The van der Waals surface area contributed by atoms with Crippen LogP contribution in [0.5, 0.6) is 0 Å². The van der Waals surface area contributed by atoms with Gasteiger partial charge in [-0.25, -0.2) is 0 Å². The molecule has 5 atom stereocenters. The van der Waals surface area contributed by atoms with E-state index in [4.69, 9.17) is 5.73 Å². The summed E-state index contributed by atoms with van der Waals surface area (Å²) >= 11 is 0. The summed E-state index contributed by atoms with van der Waals surface area (Å²) in [7, 11) is 0. The molecule has 1 aliphatic heterocycles. The van der Waals surface area contributed by atoms with E-state index in [1.165, 1.54) is 44.9 Å². The minimum Gasteiger partial charge on any atom is -0.330 e. The second kappa shape index (κ2) is 4.73. The third-order valence-corrected chi connectivity index (χ3v) is 7.09. The molecule has 3 N–H and O–H groups in total. The first-order valence-electron chi connectivity index (χ1n) is 8.51. The fourth-order valence-corrected chi connectivity index (χ4v) is 6.08. The van der Waals surface area contributed by atoms with Gasteiger partial charge in [-0.3, -0.25) is 0 Å². The van der Waals surface area contributed by atoms with Crippen molar-refractivity contribution in [1.82, 2.24) is 5.32 Å². The molecular formula is C17H32N2. The molecule has 2 saturated carbocycles. The molecule has 1 saturated heterocycles. The van der Waals surface area contributed by atoms with Crippen molar-refractivity contribution in [3.05, 3.63) is 0 Å². The van der Waals surface area contributed by atoms with Crippen molar-refractivity contribution in [2.75, 3.05) is 6.54 Å². The topological polar surface area (TPSA) is 38.0 Å². The summed E-state index contributed by atoms with van der Waals surface area (Å²) in [6.45, 7) is 8.19. The Morgan fingerprint density at radius 1 is 1.16 bits per heavy atom. The maximum Gasteiger partial charge on any atom is 0.0269 e. The van der Waals surface area contributed by atoms with Crippen LogP contribution in [-0.4, -0.2) is 18.1 Å². The van der Waals surface area contributed by atoms with Crippen LogP contribution in [-0.2, 0) is 0 Å². The van der Waals surface area contributed by atoms with Gasteiger partial charge < -0.3 is 11.1 Å². The van der Waals surface area contributed by atoms with Gasteiger partial charge in [0.25, 0.3) is 0 Å². The van der Waals surface area contributed by atoms with E-state index in [0.717, 1.165) is 18.4 Å². The van der Waals surface area contributed by atoms with Crippen LogP contribution in [0.4, 0.5) is 0 Å². The molecule has 1 heterocycles. The molecule has 3 fully saturated rings. The average molecular weight is 264 g/mol. The summed E-state index contributed by atoms with van der Waals surface area (Å²) in [5.74, 6) is 2.47. The van der Waals surface area contributed by atoms with E-state index in [9.17, 15) is 0 Å². The third-order valence-electron chi connectivity index (χ3n) is 7.09. The first-order valence-corrected chi connectivity index (χ1v) is 8.51. The molecular weight excluding hydrogens is 232 g/mol. The maximum atomic E-state index is 6.09. The highest BCUT2D eigenvalue weighted by Crippen LogP contribution is 2.65. The lowest BCUT2D eigenvalue weighted by molar-refractivity contribution is -0.0784. The number of rotatable bonds is 3. The minimum atomic E-state index is 0.401. The zero-order chi connectivity index (χ0) is 13.7. The molecule has 2 aliphatic carbocycles. The van der Waals surface area contributed by atoms with Crippen molar-refractivity contribution < 1.29 is 0 Å². The Morgan fingerprint density at radius 3 is 2.42 bits per heavy atom. The Morgan fingerprint density at radius 2 is 1.84 bits per heavy atom. The molecule has 3 rings (SSSR count). The molecule has 5 unspecified atom stereocenters. The van der Waals surface area contributed by atoms with Gasteiger partial charge in [-0.2, -0.15) is 0 Å². The van der Waals surface area contributed by atoms with E-state index >= 15 is 0 Å². The van der Waals surface area contributed by atoms with E-state index in [1.54, 1.807) is 0 Å². The summed E-state index contributed by atoms with van der Waals surface area (Å²) in [5.41, 5.74) is 6.95. The monoisotopic (exact) mass is 264 g/mol. The Bertz CT molecular complexity index is 336. The fraction of sp³-hybridized carbons (Fsp3) is 1.00. The molecule has 2 nitrogen and oxygen atoms in total. The Kier molecular flexibility index (Phi) is 3.46. The molecule has 0 radical (unpaired) electrons. The molecule has 0 aromatic rings. The third kappa shape index (κ3) is 1.82. The van der Waals surface area contributed by atoms with Crippen molar-refractivity contribution in [3.63, 3.8) is 0 Å². The molecule has 0 aromatic heterocycles. The Labute approximate surface area is 118 Å². The molecule has 0 aromatic carbocycles. The zero-order valence-corrected chi connectivity index (χ0v) is 13.0. The van der Waals surface area contributed by atoms with Crippen molar-refractivity contribution in [3.8, 4) is 0 Å². The Balaban J connectivity index is 1.80. The number of nitrogens with one attached hydrogen (secondary N) is 1. The van der Waals surface area contributed by atoms with Crippen LogP contribution < -0.4 is 11.1 Å². The largest absolute Gasteiger partial charge is 0.330 e. The van der Waals surface area contributed by atoms with Gasteiger partial charge in [-0.05, 0) is 49.5 Å². The van der Waals surface area contributed by atoms with Gasteiger partial charge in [0, 0.05) is 11.6 Å². The van der Waals surface area contributed by atoms with Gasteiger partial charge in [0.05, 0.1) is 0 Å². The highest BCUT2D eigenvalue weighted by molar-refractivity contribution is 5.23. The Hall–Kier alpha value is -0.0800. The van der Waals surface area contributed by atoms with E-state index in [-0.39, 0.29) is 0 Å². The molecule has 0 amide bonds. The van der Waals surface area contributed by atoms with Crippen molar-refractivity contribution in [2.24, 2.45) is 28.9 Å². The number of hydrogen-bond acceptors (Lipinski definition) is 2. The second-order valence-corrected chi connectivity index (χ2v) is 7.98. The lowest BCUT2D eigenvalue weighted by Gasteiger charge is -2.62. The quantitative estimate of drug-likeness (QED) is 0.821. The number of hydrogen-bond donors (Lipinski definition) is 2. The van der Waals surface area contributed by atoms with Gasteiger partial charge >= 0.3 is 0 Å². The summed E-state index contributed by atoms with van der Waals surface area (Å²) < 4.78 is 0. The lowest BCUT2D eigenvalue weighted by atomic mass is 9.45. The maximum absolute atomic E-state index is 6.09. The van der Waals surface area contributed by atoms with Crippen LogP contribution in [0.25, 0.3) is 0 Å². The molecule has 0 bridgehead atoms. The highest BCUT2D eigenvalue weighted by atomic mass is 15.1. The molecule has 0 spiro atoms. The standard InChI is InChI=1S/C17H32N2/c1-12-9-16(3)15(11-18)13(2)19-17(12,16)10-14-7-5-4-6-8-14/h12-15,19H,4-11,18H2,1-3H3. The van der Waals surface area contributed by atoms with Gasteiger partial charge in [0.15, 0.2) is 0 Å². The zero-order valence-electron chi connectivity index (χ0n) is 13.0. The van der Waals surface area contributed by atoms with Gasteiger partial charge in [-0.1, -0.05) is 46.0 Å². The van der Waals surface area contributed by atoms with Crippen molar-refractivity contribution >= 4 is 0 Å². The second-order valence-electron chi connectivity index (χ2n) is 7.98. The van der Waals surface area contributed by atoms with Crippen LogP contribution in [0, 0.1) is 23.2 Å². The smallest absolute Gasteiger partial charge is 0.0269 e. The summed E-state index contributed by atoms with van der Waals surface area (Å²) in [5, 5.41) is 4.03. The van der Waals surface area contributed by atoms with E-state index in [1.807, 2.05) is 0 Å². The van der Waals surface area contributed by atoms with E-state index in [2.05, 4.69) is 26.1 Å². The molecule has 3 aliphatic rings. The highest BCUT2D eigenvalue weighted by Gasteiger charge is 2.68. The molecule has 2 heteroatoms. The summed E-state index contributed by atoms with van der Waals surface area (Å²) in [6.07, 6.45) is 10.1. The minimum absolute atomic E-state index is 0.401. The predicted molar refractivity (Wildman–Crippen MR) is 81.0 cm³/mol. The predicted octanol–water partition coefficient (Wildman–Crippen LogP) is 3.31. The summed E-state index contributed by atoms with van der Waals surface area (Å²) in [4.78, 5) is 0. The first-order chi connectivity index (χ1) is 9.03. The summed E-state index contributed by atoms with van der Waals surface area (Å²) in [6, 6.07) is 0.601. The average Bonchev–Trinajstić information content (AvgIpc) is 2.55. The van der Waals surface area contributed by atoms with E-state index < -0.39 is 0 Å². The van der Waals surface area contributed by atoms with Crippen molar-refractivity contribution in [2.45, 2.75) is 77.3 Å². The van der Waals surface area contributed by atoms with Crippen molar-refractivity contribution in [1.29, 1.82) is 0 Å². The number of fused-ring (bicyclic) bond motifs is 1. The van der Waals surface area contributed by atoms with E-state index in [0.29, 0.717) is 22.9 Å². The van der Waals surface area contributed by atoms with Gasteiger partial charge in [0.1, 0.15) is 0 Å².